The number of hydrogen-bond donors (Lipinski definition) is 2. The zero-order valence-electron chi connectivity index (χ0n) is 32.1. The zero-order chi connectivity index (χ0) is 36.8. The monoisotopic (exact) mass is 730 g/mol. The van der Waals surface area contributed by atoms with Gasteiger partial charge in [0.25, 0.3) is 0 Å². The molecule has 0 amide bonds. The van der Waals surface area contributed by atoms with Crippen molar-refractivity contribution in [1.82, 2.24) is 0 Å². The summed E-state index contributed by atoms with van der Waals surface area (Å²) in [5, 5.41) is 0. The van der Waals surface area contributed by atoms with Crippen LogP contribution in [0.3, 0.4) is 0 Å². The smallest absolute Gasteiger partial charge is 0.462 e. The Morgan fingerprint density at radius 2 is 1.04 bits per heavy atom. The van der Waals surface area contributed by atoms with Gasteiger partial charge in [0.2, 0.25) is 0 Å². The van der Waals surface area contributed by atoms with Crippen molar-refractivity contribution >= 4 is 19.8 Å². The molecule has 0 aliphatic rings. The molecule has 0 aliphatic carbocycles. The van der Waals surface area contributed by atoms with Gasteiger partial charge in [0, 0.05) is 19.4 Å². The number of carbonyl (C=O) groups excluding carboxylic acids is 2. The average molecular weight is 730 g/mol. The summed E-state index contributed by atoms with van der Waals surface area (Å²) in [6.45, 7) is 3.70. The Hall–Kier alpha value is -1.51. The molecule has 0 aromatic rings. The maximum Gasteiger partial charge on any atom is 0.472 e. The quantitative estimate of drug-likeness (QED) is 0.0275. The van der Waals surface area contributed by atoms with Crippen LogP contribution in [0.1, 0.15) is 187 Å². The van der Waals surface area contributed by atoms with Crippen molar-refractivity contribution in [2.45, 2.75) is 193 Å². The highest BCUT2D eigenvalue weighted by Gasteiger charge is 2.26. The molecule has 0 aromatic heterocycles. The summed E-state index contributed by atoms with van der Waals surface area (Å²) in [7, 11) is -4.37. The summed E-state index contributed by atoms with van der Waals surface area (Å²) in [6.07, 6.45) is 37.7. The predicted octanol–water partition coefficient (Wildman–Crippen LogP) is 11.2. The lowest BCUT2D eigenvalue weighted by Crippen LogP contribution is -2.29. The molecule has 0 radical (unpaired) electrons. The Morgan fingerprint density at radius 3 is 1.56 bits per heavy atom. The lowest BCUT2D eigenvalue weighted by Gasteiger charge is -2.19. The molecule has 2 atom stereocenters. The van der Waals surface area contributed by atoms with E-state index in [2.05, 4.69) is 38.2 Å². The Bertz CT molecular complexity index is 881. The highest BCUT2D eigenvalue weighted by Crippen LogP contribution is 2.43. The highest BCUT2D eigenvalue weighted by atomic mass is 31.2. The molecule has 3 N–H and O–H groups in total. The molecule has 2 unspecified atom stereocenters. The molecule has 0 aromatic carbocycles. The van der Waals surface area contributed by atoms with Crippen molar-refractivity contribution in [3.63, 3.8) is 0 Å². The third-order valence-electron chi connectivity index (χ3n) is 8.59. The van der Waals surface area contributed by atoms with Gasteiger partial charge in [-0.1, -0.05) is 154 Å². The van der Waals surface area contributed by atoms with Crippen LogP contribution in [0, 0.1) is 0 Å². The maximum absolute atomic E-state index is 12.5. The molecule has 50 heavy (non-hydrogen) atoms. The molecule has 0 saturated heterocycles. The van der Waals surface area contributed by atoms with Crippen molar-refractivity contribution in [3.05, 3.63) is 24.3 Å². The van der Waals surface area contributed by atoms with E-state index < -0.39 is 26.5 Å². The Kier molecular flexibility index (Phi) is 36.1. The van der Waals surface area contributed by atoms with E-state index in [9.17, 15) is 19.0 Å². The van der Waals surface area contributed by atoms with E-state index in [1.807, 2.05) is 0 Å². The molecule has 10 heteroatoms. The van der Waals surface area contributed by atoms with E-state index >= 15 is 0 Å². The summed E-state index contributed by atoms with van der Waals surface area (Å²) >= 11 is 0. The Labute approximate surface area is 306 Å². The first kappa shape index (κ1) is 48.5. The number of ether oxygens (including phenoxy) is 2. The van der Waals surface area contributed by atoms with Gasteiger partial charge < -0.3 is 20.1 Å². The van der Waals surface area contributed by atoms with E-state index in [1.54, 1.807) is 0 Å². The van der Waals surface area contributed by atoms with Crippen LogP contribution in [0.5, 0.6) is 0 Å². The number of rotatable bonds is 38. The second-order valence-electron chi connectivity index (χ2n) is 13.5. The Morgan fingerprint density at radius 1 is 0.600 bits per heavy atom. The van der Waals surface area contributed by atoms with Gasteiger partial charge in [-0.25, -0.2) is 4.57 Å². The number of carbonyl (C=O) groups is 2. The third kappa shape index (κ3) is 36.3. The molecule has 9 nitrogen and oxygen atoms in total. The molecular weight excluding hydrogens is 653 g/mol. The van der Waals surface area contributed by atoms with Crippen molar-refractivity contribution in [2.24, 2.45) is 5.73 Å². The summed E-state index contributed by atoms with van der Waals surface area (Å²) in [5.41, 5.74) is 5.34. The predicted molar refractivity (Wildman–Crippen MR) is 206 cm³/mol. The first-order chi connectivity index (χ1) is 24.3. The fourth-order valence-corrected chi connectivity index (χ4v) is 6.31. The van der Waals surface area contributed by atoms with Gasteiger partial charge in [-0.2, -0.15) is 0 Å². The molecule has 0 fully saturated rings. The van der Waals surface area contributed by atoms with E-state index in [1.165, 1.54) is 103 Å². The number of hydrogen-bond acceptors (Lipinski definition) is 8. The van der Waals surface area contributed by atoms with Gasteiger partial charge in [-0.15, -0.1) is 0 Å². The summed E-state index contributed by atoms with van der Waals surface area (Å²) < 4.78 is 32.7. The number of esters is 2. The van der Waals surface area contributed by atoms with Crippen molar-refractivity contribution in [1.29, 1.82) is 0 Å². The molecule has 0 aliphatic heterocycles. The number of allylic oxidation sites excluding steroid dienone is 4. The van der Waals surface area contributed by atoms with E-state index in [0.29, 0.717) is 6.42 Å². The van der Waals surface area contributed by atoms with Crippen LogP contribution in [0.2, 0.25) is 0 Å². The van der Waals surface area contributed by atoms with Crippen molar-refractivity contribution < 1.29 is 37.6 Å². The van der Waals surface area contributed by atoms with Crippen LogP contribution in [0.4, 0.5) is 0 Å². The molecule has 294 valence electrons. The van der Waals surface area contributed by atoms with Crippen LogP contribution < -0.4 is 5.73 Å². The molecular formula is C40H76NO8P. The van der Waals surface area contributed by atoms with Crippen LogP contribution >= 0.6 is 7.82 Å². The molecule has 0 bridgehead atoms. The number of phosphoric acid groups is 1. The van der Waals surface area contributed by atoms with Crippen molar-refractivity contribution in [3.8, 4) is 0 Å². The SMILES string of the molecule is CCCCCC=CCC=CCCCCCCCCCC(=O)OC(COC(=O)CCCCCCCCCCCCCC)COP(=O)(O)OCCN. The third-order valence-corrected chi connectivity index (χ3v) is 9.57. The Balaban J connectivity index is 4.18. The minimum Gasteiger partial charge on any atom is -0.462 e. The van der Waals surface area contributed by atoms with Crippen LogP contribution in [-0.2, 0) is 32.7 Å². The van der Waals surface area contributed by atoms with Gasteiger partial charge in [-0.05, 0) is 44.9 Å². The minimum atomic E-state index is -4.37. The van der Waals surface area contributed by atoms with Gasteiger partial charge >= 0.3 is 19.8 Å². The van der Waals surface area contributed by atoms with Crippen LogP contribution in [0.25, 0.3) is 0 Å². The fraction of sp³-hybridized carbons (Fsp3) is 0.850. The first-order valence-electron chi connectivity index (χ1n) is 20.3. The lowest BCUT2D eigenvalue weighted by molar-refractivity contribution is -0.161. The summed E-state index contributed by atoms with van der Waals surface area (Å²) in [4.78, 5) is 34.7. The van der Waals surface area contributed by atoms with Crippen LogP contribution in [0.15, 0.2) is 24.3 Å². The van der Waals surface area contributed by atoms with E-state index in [0.717, 1.165) is 51.4 Å². The van der Waals surface area contributed by atoms with Gasteiger partial charge in [0.05, 0.1) is 13.2 Å². The summed E-state index contributed by atoms with van der Waals surface area (Å²) in [5.74, 6) is -0.833. The second-order valence-corrected chi connectivity index (χ2v) is 15.0. The van der Waals surface area contributed by atoms with E-state index in [4.69, 9.17) is 24.3 Å². The van der Waals surface area contributed by atoms with Gasteiger partial charge in [0.1, 0.15) is 6.61 Å². The molecule has 0 rings (SSSR count). The van der Waals surface area contributed by atoms with Crippen molar-refractivity contribution in [2.75, 3.05) is 26.4 Å². The zero-order valence-corrected chi connectivity index (χ0v) is 33.0. The highest BCUT2D eigenvalue weighted by molar-refractivity contribution is 7.47. The average Bonchev–Trinajstić information content (AvgIpc) is 3.10. The topological polar surface area (TPSA) is 134 Å². The number of unbranched alkanes of at least 4 members (excludes halogenated alkanes) is 21. The number of phosphoric ester groups is 1. The molecule has 0 heterocycles. The largest absolute Gasteiger partial charge is 0.472 e. The fourth-order valence-electron chi connectivity index (χ4n) is 5.55. The van der Waals surface area contributed by atoms with Crippen LogP contribution in [-0.4, -0.2) is 49.3 Å². The summed E-state index contributed by atoms with van der Waals surface area (Å²) in [6, 6.07) is 0. The normalized spacial score (nSPS) is 13.6. The maximum atomic E-state index is 12.5. The number of nitrogens with two attached hydrogens (primary N) is 1. The molecule has 0 saturated carbocycles. The van der Waals surface area contributed by atoms with E-state index in [-0.39, 0.29) is 38.6 Å². The standard InChI is InChI=1S/C40H76NO8P/c1-3-5-7-9-11-13-15-17-18-19-20-21-23-25-27-29-31-33-40(43)49-38(37-48-50(44,45)47-35-34-41)36-46-39(42)32-30-28-26-24-22-16-14-12-10-8-6-4-2/h11,13,17-18,38H,3-10,12,14-16,19-37,41H2,1-2H3,(H,44,45). The van der Waals surface area contributed by atoms with Gasteiger partial charge in [0.15, 0.2) is 6.10 Å². The molecule has 0 spiro atoms. The first-order valence-corrected chi connectivity index (χ1v) is 21.8. The lowest BCUT2D eigenvalue weighted by atomic mass is 10.0. The second kappa shape index (κ2) is 37.3. The minimum absolute atomic E-state index is 0.0533. The van der Waals surface area contributed by atoms with Gasteiger partial charge in [-0.3, -0.25) is 18.6 Å².